The molecular weight excluding hydrogens is 318 g/mol. The van der Waals surface area contributed by atoms with Gasteiger partial charge in [0.05, 0.1) is 7.11 Å². The maximum Gasteiger partial charge on any atom is 0.226 e. The van der Waals surface area contributed by atoms with E-state index in [-0.39, 0.29) is 5.92 Å². The molecule has 25 heavy (non-hydrogen) atoms. The Bertz CT molecular complexity index is 664. The van der Waals surface area contributed by atoms with Crippen molar-refractivity contribution in [1.29, 1.82) is 0 Å². The van der Waals surface area contributed by atoms with Gasteiger partial charge in [0.25, 0.3) is 0 Å². The molecule has 0 atom stereocenters. The highest BCUT2D eigenvalue weighted by molar-refractivity contribution is 5.79. The summed E-state index contributed by atoms with van der Waals surface area (Å²) in [6.45, 7) is 5.58. The van der Waals surface area contributed by atoms with E-state index in [9.17, 15) is 0 Å². The molecule has 1 aromatic carbocycles. The molecule has 0 unspecified atom stereocenters. The van der Waals surface area contributed by atoms with Gasteiger partial charge >= 0.3 is 0 Å². The monoisotopic (exact) mass is 345 g/mol. The normalized spacial score (nSPS) is 11.6. The Morgan fingerprint density at radius 1 is 1.24 bits per heavy atom. The summed E-state index contributed by atoms with van der Waals surface area (Å²) in [6.07, 6.45) is 1.64. The van der Waals surface area contributed by atoms with Gasteiger partial charge in [-0.15, -0.1) is 0 Å². The summed E-state index contributed by atoms with van der Waals surface area (Å²) in [5, 5.41) is 10.5. The Hall–Kier alpha value is -2.57. The molecule has 0 bridgehead atoms. The Morgan fingerprint density at radius 3 is 2.60 bits per heavy atom. The molecule has 0 amide bonds. The number of nitrogens with one attached hydrogen (secondary N) is 2. The van der Waals surface area contributed by atoms with Crippen LogP contribution in [0.15, 0.2) is 33.8 Å². The molecule has 0 aliphatic rings. The van der Waals surface area contributed by atoms with Gasteiger partial charge in [0.15, 0.2) is 11.8 Å². The lowest BCUT2D eigenvalue weighted by atomic mass is 10.2. The fraction of sp³-hybridized carbons (Fsp3) is 0.500. The number of benzene rings is 1. The van der Waals surface area contributed by atoms with Gasteiger partial charge in [0.2, 0.25) is 5.89 Å². The number of nitrogens with zero attached hydrogens (tertiary/aromatic N) is 3. The zero-order chi connectivity index (χ0) is 18.1. The van der Waals surface area contributed by atoms with Crippen LogP contribution in [0.4, 0.5) is 0 Å². The standard InChI is InChI=1S/C18H27N5O2/c1-13(2)17-22-16(25-23-17)6-5-11-20-18(19-3)21-12-14-7-9-15(24-4)10-8-14/h7-10,13H,5-6,11-12H2,1-4H3,(H2,19,20,21). The number of aromatic nitrogens is 2. The van der Waals surface area contributed by atoms with E-state index in [0.717, 1.165) is 42.5 Å². The van der Waals surface area contributed by atoms with Gasteiger partial charge in [-0.25, -0.2) is 0 Å². The Labute approximate surface area is 148 Å². The number of methoxy groups -OCH3 is 1. The fourth-order valence-corrected chi connectivity index (χ4v) is 2.20. The lowest BCUT2D eigenvalue weighted by Gasteiger charge is -2.11. The average molecular weight is 345 g/mol. The van der Waals surface area contributed by atoms with Gasteiger partial charge in [-0.05, 0) is 24.1 Å². The van der Waals surface area contributed by atoms with Crippen molar-refractivity contribution in [1.82, 2.24) is 20.8 Å². The molecule has 0 saturated heterocycles. The quantitative estimate of drug-likeness (QED) is 0.434. The number of guanidine groups is 1. The van der Waals surface area contributed by atoms with Crippen LogP contribution in [0.2, 0.25) is 0 Å². The number of aliphatic imine (C=N–C) groups is 1. The minimum Gasteiger partial charge on any atom is -0.497 e. The molecule has 0 aliphatic heterocycles. The van der Waals surface area contributed by atoms with E-state index in [0.29, 0.717) is 12.4 Å². The first kappa shape index (κ1) is 18.8. The maximum absolute atomic E-state index is 5.24. The van der Waals surface area contributed by atoms with Crippen molar-refractivity contribution in [2.45, 2.75) is 39.2 Å². The van der Waals surface area contributed by atoms with E-state index in [4.69, 9.17) is 9.26 Å². The van der Waals surface area contributed by atoms with Crippen LogP contribution in [0.3, 0.4) is 0 Å². The molecule has 0 fully saturated rings. The van der Waals surface area contributed by atoms with Crippen molar-refractivity contribution in [3.63, 3.8) is 0 Å². The second-order valence-electron chi connectivity index (χ2n) is 6.01. The highest BCUT2D eigenvalue weighted by Crippen LogP contribution is 2.11. The first-order valence-corrected chi connectivity index (χ1v) is 8.52. The van der Waals surface area contributed by atoms with Crippen LogP contribution in [0.1, 0.15) is 43.5 Å². The molecule has 136 valence electrons. The summed E-state index contributed by atoms with van der Waals surface area (Å²) in [5.74, 6) is 3.36. The highest BCUT2D eigenvalue weighted by atomic mass is 16.5. The molecule has 2 N–H and O–H groups in total. The molecule has 7 heteroatoms. The van der Waals surface area contributed by atoms with Gasteiger partial charge in [0, 0.05) is 32.5 Å². The Morgan fingerprint density at radius 2 is 2.00 bits per heavy atom. The molecule has 2 aromatic rings. The van der Waals surface area contributed by atoms with E-state index in [1.54, 1.807) is 14.2 Å². The maximum atomic E-state index is 5.24. The highest BCUT2D eigenvalue weighted by Gasteiger charge is 2.09. The van der Waals surface area contributed by atoms with Crippen LogP contribution < -0.4 is 15.4 Å². The SMILES string of the molecule is CN=C(NCCCc1nc(C(C)C)no1)NCc1ccc(OC)cc1. The van der Waals surface area contributed by atoms with Crippen molar-refractivity contribution in [2.24, 2.45) is 4.99 Å². The molecule has 0 spiro atoms. The van der Waals surface area contributed by atoms with Crippen LogP contribution in [-0.4, -0.2) is 36.8 Å². The van der Waals surface area contributed by atoms with E-state index < -0.39 is 0 Å². The van der Waals surface area contributed by atoms with E-state index in [1.807, 2.05) is 24.3 Å². The van der Waals surface area contributed by atoms with Crippen molar-refractivity contribution in [2.75, 3.05) is 20.7 Å². The molecule has 1 aromatic heterocycles. The third kappa shape index (κ3) is 6.10. The molecule has 0 radical (unpaired) electrons. The van der Waals surface area contributed by atoms with E-state index in [2.05, 4.69) is 39.6 Å². The smallest absolute Gasteiger partial charge is 0.226 e. The van der Waals surface area contributed by atoms with Crippen LogP contribution in [0.25, 0.3) is 0 Å². The predicted octanol–water partition coefficient (Wildman–Crippen LogP) is 2.50. The number of hydrogen-bond acceptors (Lipinski definition) is 5. The van der Waals surface area contributed by atoms with Crippen molar-refractivity contribution >= 4 is 5.96 Å². The number of hydrogen-bond donors (Lipinski definition) is 2. The summed E-state index contributed by atoms with van der Waals surface area (Å²) in [4.78, 5) is 8.60. The number of rotatable bonds is 8. The van der Waals surface area contributed by atoms with E-state index in [1.165, 1.54) is 0 Å². The molecule has 1 heterocycles. The third-order valence-electron chi connectivity index (χ3n) is 3.70. The summed E-state index contributed by atoms with van der Waals surface area (Å²) < 4.78 is 10.4. The number of ether oxygens (including phenoxy) is 1. The average Bonchev–Trinajstić information content (AvgIpc) is 3.11. The molecular formula is C18H27N5O2. The Kier molecular flexibility index (Phi) is 7.25. The first-order valence-electron chi connectivity index (χ1n) is 8.52. The third-order valence-corrected chi connectivity index (χ3v) is 3.70. The zero-order valence-electron chi connectivity index (χ0n) is 15.4. The molecule has 2 rings (SSSR count). The predicted molar refractivity (Wildman–Crippen MR) is 97.9 cm³/mol. The van der Waals surface area contributed by atoms with Gasteiger partial charge in [-0.1, -0.05) is 31.1 Å². The summed E-state index contributed by atoms with van der Waals surface area (Å²) >= 11 is 0. The summed E-state index contributed by atoms with van der Waals surface area (Å²) in [6, 6.07) is 7.95. The lowest BCUT2D eigenvalue weighted by molar-refractivity contribution is 0.368. The summed E-state index contributed by atoms with van der Waals surface area (Å²) in [5.41, 5.74) is 1.16. The van der Waals surface area contributed by atoms with Crippen molar-refractivity contribution in [3.05, 3.63) is 41.5 Å². The van der Waals surface area contributed by atoms with Gasteiger partial charge in [0.1, 0.15) is 5.75 Å². The molecule has 0 aliphatic carbocycles. The van der Waals surface area contributed by atoms with Gasteiger partial charge in [-0.3, -0.25) is 4.99 Å². The van der Waals surface area contributed by atoms with Crippen LogP contribution in [-0.2, 0) is 13.0 Å². The minimum absolute atomic E-state index is 0.289. The van der Waals surface area contributed by atoms with Gasteiger partial charge < -0.3 is 19.9 Å². The summed E-state index contributed by atoms with van der Waals surface area (Å²) in [7, 11) is 3.42. The lowest BCUT2D eigenvalue weighted by Crippen LogP contribution is -2.37. The number of aryl methyl sites for hydroxylation is 1. The van der Waals surface area contributed by atoms with Crippen molar-refractivity contribution in [3.8, 4) is 5.75 Å². The van der Waals surface area contributed by atoms with Gasteiger partial charge in [-0.2, -0.15) is 4.98 Å². The topological polar surface area (TPSA) is 84.6 Å². The van der Waals surface area contributed by atoms with Crippen LogP contribution >= 0.6 is 0 Å². The fourth-order valence-electron chi connectivity index (χ4n) is 2.20. The van der Waals surface area contributed by atoms with Crippen molar-refractivity contribution < 1.29 is 9.26 Å². The minimum atomic E-state index is 0.289. The Balaban J connectivity index is 1.69. The van der Waals surface area contributed by atoms with Crippen LogP contribution in [0, 0.1) is 0 Å². The van der Waals surface area contributed by atoms with E-state index >= 15 is 0 Å². The van der Waals surface area contributed by atoms with Crippen LogP contribution in [0.5, 0.6) is 5.75 Å². The zero-order valence-corrected chi connectivity index (χ0v) is 15.4. The molecule has 7 nitrogen and oxygen atoms in total. The second kappa shape index (κ2) is 9.66. The largest absolute Gasteiger partial charge is 0.497 e. The first-order chi connectivity index (χ1) is 12.1. The second-order valence-corrected chi connectivity index (χ2v) is 6.01. The molecule has 0 saturated carbocycles.